The molecule has 0 spiro atoms. The zero-order valence-electron chi connectivity index (χ0n) is 15.4. The van der Waals surface area contributed by atoms with Crippen LogP contribution in [0.25, 0.3) is 0 Å². The van der Waals surface area contributed by atoms with Crippen molar-refractivity contribution in [3.8, 4) is 5.75 Å². The molecule has 0 aliphatic carbocycles. The molecule has 1 atom stereocenters. The molecule has 7 heteroatoms. The summed E-state index contributed by atoms with van der Waals surface area (Å²) in [7, 11) is -1.69. The summed E-state index contributed by atoms with van der Waals surface area (Å²) in [6.07, 6.45) is 0.489. The van der Waals surface area contributed by atoms with Crippen LogP contribution in [0.2, 0.25) is 0 Å². The summed E-state index contributed by atoms with van der Waals surface area (Å²) in [5.74, 6) is 1.24. The lowest BCUT2D eigenvalue weighted by molar-refractivity contribution is 0.00776. The molecule has 2 rings (SSSR count). The molecule has 1 N–H and O–H groups in total. The van der Waals surface area contributed by atoms with E-state index in [-0.39, 0.29) is 11.8 Å². The van der Waals surface area contributed by atoms with Crippen molar-refractivity contribution in [1.82, 2.24) is 9.62 Å². The highest BCUT2D eigenvalue weighted by molar-refractivity contribution is 7.89. The first-order valence-electron chi connectivity index (χ1n) is 8.83. The summed E-state index contributed by atoms with van der Waals surface area (Å²) in [5, 5.41) is 0. The Morgan fingerprint density at radius 3 is 2.40 bits per heavy atom. The number of ether oxygens (including phenoxy) is 2. The van der Waals surface area contributed by atoms with Gasteiger partial charge in [-0.25, -0.2) is 13.1 Å². The second kappa shape index (κ2) is 9.52. The van der Waals surface area contributed by atoms with Gasteiger partial charge < -0.3 is 9.47 Å². The number of methoxy groups -OCH3 is 1. The van der Waals surface area contributed by atoms with Crippen LogP contribution in [-0.2, 0) is 21.2 Å². The van der Waals surface area contributed by atoms with Crippen molar-refractivity contribution in [3.05, 3.63) is 29.8 Å². The number of hydrogen-bond acceptors (Lipinski definition) is 5. The highest BCUT2D eigenvalue weighted by Gasteiger charge is 2.25. The molecule has 6 nitrogen and oxygen atoms in total. The molecular weight excluding hydrogens is 340 g/mol. The Bertz CT molecular complexity index is 610. The number of nitrogens with zero attached hydrogens (tertiary/aromatic N) is 1. The summed E-state index contributed by atoms with van der Waals surface area (Å²) in [4.78, 5) is 2.32. The maximum absolute atomic E-state index is 12.4. The number of hydrogen-bond donors (Lipinski definition) is 1. The Balaban J connectivity index is 1.85. The Hall–Kier alpha value is -1.15. The fourth-order valence-electron chi connectivity index (χ4n) is 3.02. The van der Waals surface area contributed by atoms with Crippen molar-refractivity contribution in [3.63, 3.8) is 0 Å². The lowest BCUT2D eigenvalue weighted by Crippen LogP contribution is -2.51. The van der Waals surface area contributed by atoms with Gasteiger partial charge in [-0.1, -0.05) is 26.0 Å². The predicted molar refractivity (Wildman–Crippen MR) is 99.5 cm³/mol. The van der Waals surface area contributed by atoms with E-state index in [0.29, 0.717) is 32.1 Å². The summed E-state index contributed by atoms with van der Waals surface area (Å²) >= 11 is 0. The van der Waals surface area contributed by atoms with E-state index in [1.807, 2.05) is 24.3 Å². The maximum Gasteiger partial charge on any atom is 0.211 e. The van der Waals surface area contributed by atoms with Gasteiger partial charge in [0, 0.05) is 25.7 Å². The van der Waals surface area contributed by atoms with Gasteiger partial charge in [-0.15, -0.1) is 0 Å². The van der Waals surface area contributed by atoms with E-state index >= 15 is 0 Å². The Morgan fingerprint density at radius 2 is 1.84 bits per heavy atom. The van der Waals surface area contributed by atoms with Crippen LogP contribution in [-0.4, -0.2) is 65.1 Å². The van der Waals surface area contributed by atoms with Crippen molar-refractivity contribution < 1.29 is 17.9 Å². The minimum Gasteiger partial charge on any atom is -0.497 e. The molecule has 0 amide bonds. The van der Waals surface area contributed by atoms with Gasteiger partial charge in [0.25, 0.3) is 0 Å². The second-order valence-corrected chi connectivity index (χ2v) is 8.65. The Morgan fingerprint density at radius 1 is 1.20 bits per heavy atom. The molecule has 1 aromatic carbocycles. The van der Waals surface area contributed by atoms with Gasteiger partial charge in [0.2, 0.25) is 10.0 Å². The van der Waals surface area contributed by atoms with E-state index in [1.54, 1.807) is 7.11 Å². The number of benzene rings is 1. The van der Waals surface area contributed by atoms with Crippen molar-refractivity contribution in [1.29, 1.82) is 0 Å². The standard InChI is InChI=1S/C18H30N2O4S/c1-15(2)18(20-9-11-24-12-10-20)14-19-25(21,22)13-8-16-4-6-17(23-3)7-5-16/h4-7,15,18-19H,8-14H2,1-3H3/t18-/m1/s1. The molecule has 0 unspecified atom stereocenters. The number of sulfonamides is 1. The molecule has 1 heterocycles. The number of nitrogens with one attached hydrogen (secondary N) is 1. The Labute approximate surface area is 151 Å². The average Bonchev–Trinajstić information content (AvgIpc) is 2.61. The van der Waals surface area contributed by atoms with Gasteiger partial charge in [-0.3, -0.25) is 4.90 Å². The molecule has 142 valence electrons. The van der Waals surface area contributed by atoms with Crippen molar-refractivity contribution >= 4 is 10.0 Å². The average molecular weight is 371 g/mol. The molecule has 0 aromatic heterocycles. The molecule has 0 radical (unpaired) electrons. The van der Waals surface area contributed by atoms with E-state index in [1.165, 1.54) is 0 Å². The molecule has 25 heavy (non-hydrogen) atoms. The van der Waals surface area contributed by atoms with Gasteiger partial charge >= 0.3 is 0 Å². The molecule has 1 aliphatic rings. The summed E-state index contributed by atoms with van der Waals surface area (Å²) < 4.78 is 38.0. The minimum atomic E-state index is -3.30. The quantitative estimate of drug-likeness (QED) is 0.714. The smallest absolute Gasteiger partial charge is 0.211 e. The van der Waals surface area contributed by atoms with Gasteiger partial charge in [-0.05, 0) is 30.0 Å². The van der Waals surface area contributed by atoms with Gasteiger partial charge in [0.1, 0.15) is 5.75 Å². The third-order valence-corrected chi connectivity index (χ3v) is 5.96. The highest BCUT2D eigenvalue weighted by Crippen LogP contribution is 2.14. The Kier molecular flexibility index (Phi) is 7.68. The van der Waals surface area contributed by atoms with E-state index in [2.05, 4.69) is 23.5 Å². The third-order valence-electron chi connectivity index (χ3n) is 4.62. The molecule has 0 saturated carbocycles. The number of rotatable bonds is 9. The topological polar surface area (TPSA) is 67.9 Å². The van der Waals surface area contributed by atoms with Crippen molar-refractivity contribution in [2.75, 3.05) is 45.7 Å². The SMILES string of the molecule is COc1ccc(CCS(=O)(=O)NC[C@H](C(C)C)N2CCOCC2)cc1. The lowest BCUT2D eigenvalue weighted by Gasteiger charge is -2.36. The fraction of sp³-hybridized carbons (Fsp3) is 0.667. The molecular formula is C18H30N2O4S. The van der Waals surface area contributed by atoms with Crippen LogP contribution in [0.3, 0.4) is 0 Å². The van der Waals surface area contributed by atoms with Crippen LogP contribution in [0.1, 0.15) is 19.4 Å². The number of aryl methyl sites for hydroxylation is 1. The van der Waals surface area contributed by atoms with Crippen molar-refractivity contribution in [2.45, 2.75) is 26.3 Å². The third kappa shape index (κ3) is 6.58. The van der Waals surface area contributed by atoms with Gasteiger partial charge in [0.15, 0.2) is 0 Å². The molecule has 1 aromatic rings. The normalized spacial score (nSPS) is 17.6. The van der Waals surface area contributed by atoms with Gasteiger partial charge in [0.05, 0.1) is 26.1 Å². The maximum atomic E-state index is 12.4. The second-order valence-electron chi connectivity index (χ2n) is 6.73. The van der Waals surface area contributed by atoms with Crippen LogP contribution >= 0.6 is 0 Å². The van der Waals surface area contributed by atoms with Crippen LogP contribution < -0.4 is 9.46 Å². The molecule has 1 fully saturated rings. The zero-order valence-corrected chi connectivity index (χ0v) is 16.2. The number of morpholine rings is 1. The summed E-state index contributed by atoms with van der Waals surface area (Å²) in [6.45, 7) is 7.86. The van der Waals surface area contributed by atoms with Crippen molar-refractivity contribution in [2.24, 2.45) is 5.92 Å². The van der Waals surface area contributed by atoms with Crippen LogP contribution in [0.15, 0.2) is 24.3 Å². The first kappa shape index (κ1) is 20.2. The lowest BCUT2D eigenvalue weighted by atomic mass is 10.0. The molecule has 1 saturated heterocycles. The molecule has 0 bridgehead atoms. The van der Waals surface area contributed by atoms with Crippen LogP contribution in [0.5, 0.6) is 5.75 Å². The first-order chi connectivity index (χ1) is 11.9. The summed E-state index contributed by atoms with van der Waals surface area (Å²) in [5.41, 5.74) is 0.986. The van der Waals surface area contributed by atoms with E-state index in [4.69, 9.17) is 9.47 Å². The fourth-order valence-corrected chi connectivity index (χ4v) is 4.10. The predicted octanol–water partition coefficient (Wildman–Crippen LogP) is 1.51. The molecule has 1 aliphatic heterocycles. The largest absolute Gasteiger partial charge is 0.497 e. The van der Waals surface area contributed by atoms with Crippen LogP contribution in [0.4, 0.5) is 0 Å². The summed E-state index contributed by atoms with van der Waals surface area (Å²) in [6, 6.07) is 7.70. The van der Waals surface area contributed by atoms with E-state index in [0.717, 1.165) is 24.4 Å². The van der Waals surface area contributed by atoms with Gasteiger partial charge in [-0.2, -0.15) is 0 Å². The van der Waals surface area contributed by atoms with Crippen LogP contribution in [0, 0.1) is 5.92 Å². The first-order valence-corrected chi connectivity index (χ1v) is 10.5. The highest BCUT2D eigenvalue weighted by atomic mass is 32.2. The monoisotopic (exact) mass is 370 g/mol. The minimum absolute atomic E-state index is 0.0905. The van der Waals surface area contributed by atoms with E-state index in [9.17, 15) is 8.42 Å². The zero-order chi connectivity index (χ0) is 18.3. The van der Waals surface area contributed by atoms with E-state index < -0.39 is 10.0 Å².